The van der Waals surface area contributed by atoms with Gasteiger partial charge in [0.25, 0.3) is 0 Å². The van der Waals surface area contributed by atoms with Crippen LogP contribution in [0.15, 0.2) is 65.0 Å². The van der Waals surface area contributed by atoms with Gasteiger partial charge in [0.2, 0.25) is 12.3 Å². The maximum atomic E-state index is 12.5. The van der Waals surface area contributed by atoms with Gasteiger partial charge < -0.3 is 17.3 Å². The molecule has 1 aromatic carbocycles. The van der Waals surface area contributed by atoms with E-state index in [4.69, 9.17) is 0 Å². The number of likely N-dealkylation sites (N-methyl/N-ethyl adjacent to an activating group) is 1. The Bertz CT molecular complexity index is 801. The third kappa shape index (κ3) is 3.40. The number of halogens is 2. The van der Waals surface area contributed by atoms with Gasteiger partial charge in [-0.3, -0.25) is 4.79 Å². The first-order valence-corrected chi connectivity index (χ1v) is 8.42. The monoisotopic (exact) mass is 406 g/mol. The number of pyridine rings is 1. The smallest absolute Gasteiger partial charge is 0.222 e. The summed E-state index contributed by atoms with van der Waals surface area (Å²) in [5, 5.41) is 0. The van der Waals surface area contributed by atoms with Gasteiger partial charge in [0, 0.05) is 36.0 Å². The van der Waals surface area contributed by atoms with E-state index in [1.165, 1.54) is 11.3 Å². The number of hydrogen-bond donors (Lipinski definition) is 0. The van der Waals surface area contributed by atoms with Crippen molar-refractivity contribution in [1.82, 2.24) is 0 Å². The van der Waals surface area contributed by atoms with Crippen molar-refractivity contribution < 1.29 is 21.8 Å². The van der Waals surface area contributed by atoms with Crippen molar-refractivity contribution in [1.29, 1.82) is 0 Å². The van der Waals surface area contributed by atoms with E-state index in [0.29, 0.717) is 6.54 Å². The Labute approximate surface area is 157 Å². The molecule has 0 radical (unpaired) electrons. The standard InChI is InChI=1S/C19H20BrN2O.ClH/c1-19(2)16-8-4-5-9-17(16)21(3)18(19)11-15(23)13-22-10-6-7-14(20)12-22;/h4-12H,13H2,1-3H3;1H/q+1;/p-1. The van der Waals surface area contributed by atoms with Crippen LogP contribution in [-0.4, -0.2) is 12.8 Å². The molecule has 0 saturated heterocycles. The average Bonchev–Trinajstić information content (AvgIpc) is 2.69. The molecule has 1 aliphatic rings. The highest BCUT2D eigenvalue weighted by molar-refractivity contribution is 9.10. The van der Waals surface area contributed by atoms with Gasteiger partial charge in [0.05, 0.1) is 4.47 Å². The van der Waals surface area contributed by atoms with Crippen molar-refractivity contribution in [2.45, 2.75) is 25.8 Å². The molecule has 5 heteroatoms. The third-order valence-electron chi connectivity index (χ3n) is 4.40. The lowest BCUT2D eigenvalue weighted by molar-refractivity contribution is -0.684. The van der Waals surface area contributed by atoms with Crippen LogP contribution in [0.5, 0.6) is 0 Å². The van der Waals surface area contributed by atoms with Gasteiger partial charge in [-0.15, -0.1) is 0 Å². The molecule has 0 spiro atoms. The summed E-state index contributed by atoms with van der Waals surface area (Å²) in [4.78, 5) is 14.6. The van der Waals surface area contributed by atoms with Gasteiger partial charge in [-0.05, 0) is 33.6 Å². The van der Waals surface area contributed by atoms with Crippen LogP contribution in [0.25, 0.3) is 0 Å². The van der Waals surface area contributed by atoms with E-state index in [-0.39, 0.29) is 23.6 Å². The molecule has 0 aliphatic carbocycles. The molecule has 3 rings (SSSR count). The Hall–Kier alpha value is -1.65. The molecular weight excluding hydrogens is 388 g/mol. The summed E-state index contributed by atoms with van der Waals surface area (Å²) in [6.45, 7) is 4.67. The van der Waals surface area contributed by atoms with E-state index in [1.807, 2.05) is 42.2 Å². The topological polar surface area (TPSA) is 24.2 Å². The van der Waals surface area contributed by atoms with Crippen molar-refractivity contribution in [2.24, 2.45) is 0 Å². The Morgan fingerprint density at radius 3 is 2.62 bits per heavy atom. The maximum absolute atomic E-state index is 12.5. The van der Waals surface area contributed by atoms with Gasteiger partial charge in [-0.1, -0.05) is 32.0 Å². The van der Waals surface area contributed by atoms with E-state index >= 15 is 0 Å². The minimum absolute atomic E-state index is 0. The summed E-state index contributed by atoms with van der Waals surface area (Å²) < 4.78 is 2.85. The van der Waals surface area contributed by atoms with Crippen LogP contribution in [0.2, 0.25) is 0 Å². The highest BCUT2D eigenvalue weighted by Crippen LogP contribution is 2.46. The fraction of sp³-hybridized carbons (Fsp3) is 0.263. The molecule has 0 N–H and O–H groups in total. The number of rotatable bonds is 3. The molecule has 3 nitrogen and oxygen atoms in total. The molecule has 0 amide bonds. The second kappa shape index (κ2) is 7.08. The first-order valence-electron chi connectivity index (χ1n) is 7.62. The lowest BCUT2D eigenvalue weighted by Crippen LogP contribution is -3.00. The zero-order valence-electron chi connectivity index (χ0n) is 14.0. The van der Waals surface area contributed by atoms with Crippen molar-refractivity contribution >= 4 is 27.4 Å². The molecule has 1 aliphatic heterocycles. The van der Waals surface area contributed by atoms with Gasteiger partial charge >= 0.3 is 0 Å². The van der Waals surface area contributed by atoms with E-state index < -0.39 is 0 Å². The van der Waals surface area contributed by atoms with Crippen LogP contribution in [0.4, 0.5) is 5.69 Å². The Morgan fingerprint density at radius 1 is 1.25 bits per heavy atom. The number of ketones is 1. The third-order valence-corrected chi connectivity index (χ3v) is 4.87. The molecule has 0 unspecified atom stereocenters. The molecule has 126 valence electrons. The summed E-state index contributed by atoms with van der Waals surface area (Å²) in [5.74, 6) is 0.0934. The fourth-order valence-corrected chi connectivity index (χ4v) is 3.64. The number of nitrogens with zero attached hydrogens (tertiary/aromatic N) is 2. The molecule has 0 fully saturated rings. The molecule has 1 aromatic heterocycles. The lowest BCUT2D eigenvalue weighted by atomic mass is 9.83. The van der Waals surface area contributed by atoms with E-state index in [2.05, 4.69) is 52.9 Å². The fourth-order valence-electron chi connectivity index (χ4n) is 3.23. The second-order valence-corrected chi connectivity index (χ2v) is 7.31. The number of para-hydroxylation sites is 1. The summed E-state index contributed by atoms with van der Waals surface area (Å²) in [6, 6.07) is 12.2. The first kappa shape index (κ1) is 18.7. The molecule has 0 saturated carbocycles. The summed E-state index contributed by atoms with van der Waals surface area (Å²) in [5.41, 5.74) is 3.31. The number of carbonyl (C=O) groups is 1. The number of allylic oxidation sites excluding steroid dienone is 2. The summed E-state index contributed by atoms with van der Waals surface area (Å²) in [7, 11) is 2.03. The highest BCUT2D eigenvalue weighted by Gasteiger charge is 2.38. The highest BCUT2D eigenvalue weighted by atomic mass is 79.9. The molecule has 0 atom stereocenters. The zero-order chi connectivity index (χ0) is 16.6. The lowest BCUT2D eigenvalue weighted by Gasteiger charge is -2.23. The van der Waals surface area contributed by atoms with Crippen LogP contribution in [0, 0.1) is 0 Å². The Morgan fingerprint density at radius 2 is 1.96 bits per heavy atom. The summed E-state index contributed by atoms with van der Waals surface area (Å²) >= 11 is 3.43. The normalized spacial score (nSPS) is 16.7. The van der Waals surface area contributed by atoms with Crippen molar-refractivity contribution in [3.05, 3.63) is 70.6 Å². The molecule has 2 aromatic rings. The molecule has 24 heavy (non-hydrogen) atoms. The number of carbonyl (C=O) groups excluding carboxylic acids is 1. The predicted molar refractivity (Wildman–Crippen MR) is 95.3 cm³/mol. The van der Waals surface area contributed by atoms with Crippen LogP contribution in [0.3, 0.4) is 0 Å². The Kier molecular flexibility index (Phi) is 5.51. The number of hydrogen-bond acceptors (Lipinski definition) is 2. The van der Waals surface area contributed by atoms with Crippen molar-refractivity contribution in [2.75, 3.05) is 11.9 Å². The van der Waals surface area contributed by atoms with Crippen LogP contribution >= 0.6 is 15.9 Å². The van der Waals surface area contributed by atoms with Gasteiger partial charge in [0.1, 0.15) is 0 Å². The van der Waals surface area contributed by atoms with Crippen LogP contribution in [-0.2, 0) is 16.8 Å². The molecular formula is C19H20BrClN2O. The van der Waals surface area contributed by atoms with Crippen LogP contribution < -0.4 is 21.9 Å². The van der Waals surface area contributed by atoms with Crippen molar-refractivity contribution in [3.63, 3.8) is 0 Å². The molecule has 0 bridgehead atoms. The van der Waals surface area contributed by atoms with E-state index in [0.717, 1.165) is 10.2 Å². The maximum Gasteiger partial charge on any atom is 0.222 e. The van der Waals surface area contributed by atoms with Gasteiger partial charge in [-0.2, -0.15) is 4.57 Å². The quantitative estimate of drug-likeness (QED) is 0.550. The SMILES string of the molecule is CN1C(=CC(=O)C[n+]2cccc(Br)c2)C(C)(C)c2ccccc21.[Cl-]. The van der Waals surface area contributed by atoms with E-state index in [9.17, 15) is 4.79 Å². The number of fused-ring (bicyclic) bond motifs is 1. The largest absolute Gasteiger partial charge is 1.00 e. The summed E-state index contributed by atoms with van der Waals surface area (Å²) in [6.07, 6.45) is 5.60. The first-order chi connectivity index (χ1) is 10.9. The predicted octanol–water partition coefficient (Wildman–Crippen LogP) is 0.621. The number of aromatic nitrogens is 1. The van der Waals surface area contributed by atoms with Gasteiger partial charge in [0.15, 0.2) is 12.4 Å². The van der Waals surface area contributed by atoms with Gasteiger partial charge in [-0.25, -0.2) is 0 Å². The molecule has 2 heterocycles. The Balaban J connectivity index is 0.00000208. The zero-order valence-corrected chi connectivity index (χ0v) is 16.3. The number of anilines is 1. The average molecular weight is 408 g/mol. The van der Waals surface area contributed by atoms with Crippen molar-refractivity contribution in [3.8, 4) is 0 Å². The van der Waals surface area contributed by atoms with E-state index in [1.54, 1.807) is 6.08 Å². The number of benzene rings is 1. The second-order valence-electron chi connectivity index (χ2n) is 6.39. The van der Waals surface area contributed by atoms with Crippen LogP contribution in [0.1, 0.15) is 19.4 Å². The minimum atomic E-state index is -0.164. The minimum Gasteiger partial charge on any atom is -1.00 e.